The molecule has 2 N–H and O–H groups in total. The van der Waals surface area contributed by atoms with Gasteiger partial charge in [-0.3, -0.25) is 9.59 Å². The molecule has 10 nitrogen and oxygen atoms in total. The number of aryl methyl sites for hydroxylation is 1. The molecule has 1 aliphatic heterocycles. The Morgan fingerprint density at radius 1 is 1.28 bits per heavy atom. The summed E-state index contributed by atoms with van der Waals surface area (Å²) >= 11 is 1.46. The first-order chi connectivity index (χ1) is 15.4. The van der Waals surface area contributed by atoms with Crippen LogP contribution in [0.25, 0.3) is 0 Å². The third-order valence-electron chi connectivity index (χ3n) is 5.09. The fraction of sp³-hybridized carbons (Fsp3) is 0.286. The van der Waals surface area contributed by atoms with Gasteiger partial charge in [-0.2, -0.15) is 4.98 Å². The normalized spacial score (nSPS) is 12.7. The van der Waals surface area contributed by atoms with Gasteiger partial charge in [0.25, 0.3) is 11.8 Å². The van der Waals surface area contributed by atoms with Crippen LogP contribution < -0.4 is 25.2 Å². The lowest BCUT2D eigenvalue weighted by atomic mass is 10.1. The number of methoxy groups -OCH3 is 1. The molecule has 0 bridgehead atoms. The first kappa shape index (κ1) is 21.5. The third-order valence-corrected chi connectivity index (χ3v) is 6.08. The van der Waals surface area contributed by atoms with Gasteiger partial charge in [-0.05, 0) is 32.0 Å². The van der Waals surface area contributed by atoms with Gasteiger partial charge >= 0.3 is 0 Å². The number of aromatic nitrogens is 3. The van der Waals surface area contributed by atoms with E-state index in [9.17, 15) is 9.59 Å². The molecule has 32 heavy (non-hydrogen) atoms. The number of carbonyl (C=O) groups excluding carboxylic acids is 2. The van der Waals surface area contributed by atoms with Crippen LogP contribution in [-0.4, -0.2) is 54.5 Å². The summed E-state index contributed by atoms with van der Waals surface area (Å²) in [6.45, 7) is 4.47. The number of rotatable bonds is 5. The van der Waals surface area contributed by atoms with Crippen LogP contribution in [0.4, 0.5) is 28.1 Å². The van der Waals surface area contributed by atoms with E-state index < -0.39 is 0 Å². The van der Waals surface area contributed by atoms with Gasteiger partial charge in [0.05, 0.1) is 24.0 Å². The molecule has 4 rings (SSSR count). The van der Waals surface area contributed by atoms with E-state index in [0.717, 1.165) is 10.0 Å². The molecule has 1 aromatic carbocycles. The number of nitrogens with zero attached hydrogens (tertiary/aromatic N) is 5. The van der Waals surface area contributed by atoms with Crippen molar-refractivity contribution in [3.8, 4) is 5.75 Å². The topological polar surface area (TPSA) is 113 Å². The Kier molecular flexibility index (Phi) is 5.66. The number of amides is 2. The molecule has 0 radical (unpaired) electrons. The Hall–Kier alpha value is -3.73. The van der Waals surface area contributed by atoms with Crippen molar-refractivity contribution >= 4 is 51.3 Å². The molecule has 2 aromatic heterocycles. The van der Waals surface area contributed by atoms with Gasteiger partial charge in [0.1, 0.15) is 16.4 Å². The van der Waals surface area contributed by atoms with Crippen molar-refractivity contribution in [2.45, 2.75) is 13.8 Å². The van der Waals surface area contributed by atoms with E-state index in [-0.39, 0.29) is 11.8 Å². The second kappa shape index (κ2) is 8.42. The Balaban J connectivity index is 1.75. The minimum Gasteiger partial charge on any atom is -0.495 e. The van der Waals surface area contributed by atoms with Gasteiger partial charge in [0, 0.05) is 26.2 Å². The number of hydrogen-bond acceptors (Lipinski definition) is 9. The van der Waals surface area contributed by atoms with Gasteiger partial charge in [0.2, 0.25) is 5.95 Å². The maximum atomic E-state index is 13.0. The predicted octanol–water partition coefficient (Wildman–Crippen LogP) is 3.10. The fourth-order valence-electron chi connectivity index (χ4n) is 3.46. The molecule has 3 aromatic rings. The molecule has 0 saturated carbocycles. The third kappa shape index (κ3) is 3.60. The van der Waals surface area contributed by atoms with Crippen molar-refractivity contribution in [3.63, 3.8) is 0 Å². The van der Waals surface area contributed by atoms with Crippen LogP contribution in [0.1, 0.15) is 32.8 Å². The number of anilines is 5. The zero-order valence-electron chi connectivity index (χ0n) is 18.4. The smallest absolute Gasteiger partial charge is 0.279 e. The average Bonchev–Trinajstić information content (AvgIpc) is 3.16. The molecule has 3 heterocycles. The number of hydrogen-bond donors (Lipinski definition) is 2. The lowest BCUT2D eigenvalue weighted by Crippen LogP contribution is -2.26. The van der Waals surface area contributed by atoms with E-state index in [1.165, 1.54) is 23.3 Å². The molecule has 11 heteroatoms. The van der Waals surface area contributed by atoms with Crippen LogP contribution in [0.3, 0.4) is 0 Å². The van der Waals surface area contributed by atoms with Gasteiger partial charge < -0.3 is 25.2 Å². The standard InChI is InChI=1S/C21H23N7O3S/c1-6-28-17-14(27(4)19(30)16-20(28)32-11(2)24-16)10-23-21(26-17)25-13-8-7-12(18(29)22-3)9-15(13)31-5/h7-10H,6H2,1-5H3,(H,22,29)(H,23,25,26). The van der Waals surface area contributed by atoms with Crippen molar-refractivity contribution in [2.75, 3.05) is 42.9 Å². The molecule has 0 spiro atoms. The number of nitrogens with one attached hydrogen (secondary N) is 2. The summed E-state index contributed by atoms with van der Waals surface area (Å²) in [5.74, 6) is 1.00. The van der Waals surface area contributed by atoms with E-state index in [1.807, 2.05) is 18.7 Å². The maximum absolute atomic E-state index is 13.0. The summed E-state index contributed by atoms with van der Waals surface area (Å²) in [5.41, 5.74) is 2.08. The highest BCUT2D eigenvalue weighted by atomic mass is 32.1. The molecule has 0 fully saturated rings. The van der Waals surface area contributed by atoms with Crippen LogP contribution in [-0.2, 0) is 0 Å². The number of carbonyl (C=O) groups is 2. The number of thiazole rings is 1. The quantitative estimate of drug-likeness (QED) is 0.606. The van der Waals surface area contributed by atoms with Crippen molar-refractivity contribution < 1.29 is 14.3 Å². The molecular weight excluding hydrogens is 430 g/mol. The Bertz CT molecular complexity index is 1210. The number of ether oxygens (including phenoxy) is 1. The van der Waals surface area contributed by atoms with Crippen LogP contribution in [0.2, 0.25) is 0 Å². The van der Waals surface area contributed by atoms with E-state index in [4.69, 9.17) is 9.72 Å². The monoisotopic (exact) mass is 453 g/mol. The molecule has 0 aliphatic carbocycles. The summed E-state index contributed by atoms with van der Waals surface area (Å²) in [6.07, 6.45) is 1.61. The van der Waals surface area contributed by atoms with E-state index >= 15 is 0 Å². The summed E-state index contributed by atoms with van der Waals surface area (Å²) in [5, 5.41) is 7.32. The van der Waals surface area contributed by atoms with Gasteiger partial charge in [-0.1, -0.05) is 0 Å². The predicted molar refractivity (Wildman–Crippen MR) is 124 cm³/mol. The van der Waals surface area contributed by atoms with Crippen molar-refractivity contribution in [1.82, 2.24) is 20.3 Å². The molecule has 1 aliphatic rings. The Labute approximate surface area is 189 Å². The largest absolute Gasteiger partial charge is 0.495 e. The average molecular weight is 454 g/mol. The van der Waals surface area contributed by atoms with Gasteiger partial charge in [-0.15, -0.1) is 11.3 Å². The van der Waals surface area contributed by atoms with Crippen molar-refractivity contribution in [2.24, 2.45) is 0 Å². The summed E-state index contributed by atoms with van der Waals surface area (Å²) in [7, 11) is 4.79. The molecule has 0 unspecified atom stereocenters. The first-order valence-electron chi connectivity index (χ1n) is 9.95. The number of fused-ring (bicyclic) bond motifs is 2. The van der Waals surface area contributed by atoms with Crippen LogP contribution in [0, 0.1) is 6.92 Å². The lowest BCUT2D eigenvalue weighted by molar-refractivity contribution is 0.0960. The molecule has 0 saturated heterocycles. The Morgan fingerprint density at radius 3 is 2.75 bits per heavy atom. The van der Waals surface area contributed by atoms with Crippen LogP contribution >= 0.6 is 11.3 Å². The molecule has 166 valence electrons. The zero-order chi connectivity index (χ0) is 23.0. The highest BCUT2D eigenvalue weighted by Gasteiger charge is 2.33. The summed E-state index contributed by atoms with van der Waals surface area (Å²) in [4.78, 5) is 41.9. The maximum Gasteiger partial charge on any atom is 0.279 e. The first-order valence-corrected chi connectivity index (χ1v) is 10.8. The fourth-order valence-corrected chi connectivity index (χ4v) is 4.43. The zero-order valence-corrected chi connectivity index (χ0v) is 19.2. The molecular formula is C21H23N7O3S. The second-order valence-electron chi connectivity index (χ2n) is 7.02. The van der Waals surface area contributed by atoms with E-state index in [2.05, 4.69) is 20.6 Å². The summed E-state index contributed by atoms with van der Waals surface area (Å²) < 4.78 is 5.44. The van der Waals surface area contributed by atoms with Crippen molar-refractivity contribution in [1.29, 1.82) is 0 Å². The molecule has 2 amide bonds. The minimum atomic E-state index is -0.210. The molecule has 0 atom stereocenters. The van der Waals surface area contributed by atoms with Crippen molar-refractivity contribution in [3.05, 3.63) is 40.7 Å². The van der Waals surface area contributed by atoms with E-state index in [1.54, 1.807) is 38.5 Å². The van der Waals surface area contributed by atoms with Crippen LogP contribution in [0.15, 0.2) is 24.4 Å². The van der Waals surface area contributed by atoms with Crippen LogP contribution in [0.5, 0.6) is 5.75 Å². The van der Waals surface area contributed by atoms with Gasteiger partial charge in [0.15, 0.2) is 11.5 Å². The second-order valence-corrected chi connectivity index (χ2v) is 8.20. The number of benzene rings is 1. The highest BCUT2D eigenvalue weighted by Crippen LogP contribution is 2.42. The lowest BCUT2D eigenvalue weighted by Gasteiger charge is -2.23. The summed E-state index contributed by atoms with van der Waals surface area (Å²) in [6, 6.07) is 5.06. The van der Waals surface area contributed by atoms with E-state index in [0.29, 0.717) is 46.7 Å². The SMILES string of the molecule is CCN1c2nc(Nc3ccc(C(=O)NC)cc3OC)ncc2N(C)C(=O)c2nc(C)sc21. The Morgan fingerprint density at radius 2 is 2.06 bits per heavy atom. The van der Waals surface area contributed by atoms with Gasteiger partial charge in [-0.25, -0.2) is 9.97 Å². The highest BCUT2D eigenvalue weighted by molar-refractivity contribution is 7.16. The minimum absolute atomic E-state index is 0.197.